The maximum Gasteiger partial charge on any atom is 0.120 e. The Kier molecular flexibility index (Phi) is 3.50. The summed E-state index contributed by atoms with van der Waals surface area (Å²) >= 11 is 1.83. The Hall–Kier alpha value is -1.09. The van der Waals surface area contributed by atoms with Gasteiger partial charge in [-0.2, -0.15) is 0 Å². The van der Waals surface area contributed by atoms with Gasteiger partial charge >= 0.3 is 0 Å². The minimum absolute atomic E-state index is 0.862. The molecular formula is C15H19NOS. The molecule has 96 valence electrons. The summed E-state index contributed by atoms with van der Waals surface area (Å²) in [5, 5.41) is 1.30. The number of hydrogen-bond donors (Lipinski definition) is 0. The highest BCUT2D eigenvalue weighted by atomic mass is 32.1. The van der Waals surface area contributed by atoms with Crippen LogP contribution in [0.2, 0.25) is 0 Å². The van der Waals surface area contributed by atoms with E-state index in [0.717, 1.165) is 17.2 Å². The third-order valence-corrected chi connectivity index (χ3v) is 4.87. The number of nitrogens with zero attached hydrogens (tertiary/aromatic N) is 1. The van der Waals surface area contributed by atoms with E-state index in [-0.39, 0.29) is 0 Å². The quantitative estimate of drug-likeness (QED) is 0.815. The number of ether oxygens (including phenoxy) is 1. The van der Waals surface area contributed by atoms with Gasteiger partial charge in [0.2, 0.25) is 0 Å². The van der Waals surface area contributed by atoms with Crippen molar-refractivity contribution in [2.45, 2.75) is 38.5 Å². The van der Waals surface area contributed by atoms with Crippen molar-refractivity contribution in [3.8, 4) is 5.75 Å². The van der Waals surface area contributed by atoms with Gasteiger partial charge < -0.3 is 4.74 Å². The Morgan fingerprint density at radius 1 is 1.28 bits per heavy atom. The number of benzene rings is 1. The van der Waals surface area contributed by atoms with Crippen LogP contribution in [0.5, 0.6) is 5.75 Å². The van der Waals surface area contributed by atoms with Crippen LogP contribution in [0.15, 0.2) is 18.2 Å². The minimum Gasteiger partial charge on any atom is -0.497 e. The zero-order valence-corrected chi connectivity index (χ0v) is 11.6. The van der Waals surface area contributed by atoms with E-state index in [1.165, 1.54) is 48.2 Å². The SMILES string of the molecule is COc1ccc2nc(CC3CCCCC3)sc2c1. The van der Waals surface area contributed by atoms with Crippen LogP contribution in [-0.4, -0.2) is 12.1 Å². The van der Waals surface area contributed by atoms with Crippen molar-refractivity contribution in [2.24, 2.45) is 5.92 Å². The molecule has 18 heavy (non-hydrogen) atoms. The topological polar surface area (TPSA) is 22.1 Å². The molecule has 1 saturated carbocycles. The highest BCUT2D eigenvalue weighted by Crippen LogP contribution is 2.31. The number of aromatic nitrogens is 1. The van der Waals surface area contributed by atoms with E-state index in [2.05, 4.69) is 12.1 Å². The third kappa shape index (κ3) is 2.51. The molecule has 1 aliphatic carbocycles. The second-order valence-corrected chi connectivity index (χ2v) is 6.26. The molecule has 1 aliphatic rings. The van der Waals surface area contributed by atoms with Gasteiger partial charge in [-0.1, -0.05) is 32.1 Å². The molecule has 1 heterocycles. The van der Waals surface area contributed by atoms with Gasteiger partial charge in [-0.05, 0) is 24.1 Å². The molecule has 0 aliphatic heterocycles. The average Bonchev–Trinajstić information content (AvgIpc) is 2.80. The molecule has 1 aromatic carbocycles. The Labute approximate surface area is 112 Å². The van der Waals surface area contributed by atoms with E-state index in [0.29, 0.717) is 0 Å². The third-order valence-electron chi connectivity index (χ3n) is 3.83. The molecule has 0 spiro atoms. The van der Waals surface area contributed by atoms with Crippen LogP contribution in [0.4, 0.5) is 0 Å². The van der Waals surface area contributed by atoms with E-state index in [9.17, 15) is 0 Å². The lowest BCUT2D eigenvalue weighted by molar-refractivity contribution is 0.356. The predicted octanol–water partition coefficient (Wildman–Crippen LogP) is 4.43. The lowest BCUT2D eigenvalue weighted by atomic mass is 9.87. The zero-order chi connectivity index (χ0) is 12.4. The van der Waals surface area contributed by atoms with Crippen LogP contribution in [-0.2, 0) is 6.42 Å². The largest absolute Gasteiger partial charge is 0.497 e. The normalized spacial score (nSPS) is 17.2. The molecule has 3 rings (SSSR count). The first-order valence-electron chi connectivity index (χ1n) is 6.78. The molecule has 2 nitrogen and oxygen atoms in total. The summed E-state index contributed by atoms with van der Waals surface area (Å²) in [6.45, 7) is 0. The Balaban J connectivity index is 1.79. The average molecular weight is 261 g/mol. The molecule has 1 fully saturated rings. The van der Waals surface area contributed by atoms with Crippen molar-refractivity contribution in [2.75, 3.05) is 7.11 Å². The van der Waals surface area contributed by atoms with E-state index in [1.807, 2.05) is 17.4 Å². The van der Waals surface area contributed by atoms with E-state index >= 15 is 0 Å². The van der Waals surface area contributed by atoms with Crippen LogP contribution in [0.3, 0.4) is 0 Å². The Morgan fingerprint density at radius 3 is 2.89 bits per heavy atom. The van der Waals surface area contributed by atoms with Crippen molar-refractivity contribution < 1.29 is 4.74 Å². The van der Waals surface area contributed by atoms with Crippen molar-refractivity contribution in [3.05, 3.63) is 23.2 Å². The van der Waals surface area contributed by atoms with Crippen LogP contribution in [0, 0.1) is 5.92 Å². The molecule has 2 aromatic rings. The maximum atomic E-state index is 5.26. The molecule has 0 N–H and O–H groups in total. The second kappa shape index (κ2) is 5.27. The summed E-state index contributed by atoms with van der Waals surface area (Å²) in [4.78, 5) is 4.75. The molecule has 0 amide bonds. The lowest BCUT2D eigenvalue weighted by Crippen LogP contribution is -2.08. The van der Waals surface area contributed by atoms with Crippen molar-refractivity contribution in [3.63, 3.8) is 0 Å². The Bertz CT molecular complexity index is 528. The van der Waals surface area contributed by atoms with Gasteiger partial charge in [-0.15, -0.1) is 11.3 Å². The molecule has 0 radical (unpaired) electrons. The smallest absolute Gasteiger partial charge is 0.120 e. The first-order chi connectivity index (χ1) is 8.85. The first-order valence-corrected chi connectivity index (χ1v) is 7.60. The summed E-state index contributed by atoms with van der Waals surface area (Å²) in [5.74, 6) is 1.79. The molecule has 0 bridgehead atoms. The van der Waals surface area contributed by atoms with Gasteiger partial charge in [0.1, 0.15) is 5.75 Å². The van der Waals surface area contributed by atoms with Crippen molar-refractivity contribution in [1.29, 1.82) is 0 Å². The number of thiazole rings is 1. The fourth-order valence-corrected chi connectivity index (χ4v) is 3.92. The van der Waals surface area contributed by atoms with Crippen LogP contribution >= 0.6 is 11.3 Å². The maximum absolute atomic E-state index is 5.26. The summed E-state index contributed by atoms with van der Waals surface area (Å²) in [6.07, 6.45) is 8.18. The van der Waals surface area contributed by atoms with E-state index in [4.69, 9.17) is 9.72 Å². The standard InChI is InChI=1S/C15H19NOS/c1-17-12-7-8-13-14(10-12)18-15(16-13)9-11-5-3-2-4-6-11/h7-8,10-11H,2-6,9H2,1H3. The number of methoxy groups -OCH3 is 1. The van der Waals surface area contributed by atoms with Crippen LogP contribution in [0.1, 0.15) is 37.1 Å². The zero-order valence-electron chi connectivity index (χ0n) is 10.8. The summed E-state index contributed by atoms with van der Waals surface area (Å²) in [6, 6.07) is 6.15. The van der Waals surface area contributed by atoms with Crippen LogP contribution < -0.4 is 4.74 Å². The minimum atomic E-state index is 0.862. The monoisotopic (exact) mass is 261 g/mol. The van der Waals surface area contributed by atoms with E-state index < -0.39 is 0 Å². The van der Waals surface area contributed by atoms with Gasteiger partial charge in [0.25, 0.3) is 0 Å². The van der Waals surface area contributed by atoms with Gasteiger partial charge in [-0.25, -0.2) is 4.98 Å². The van der Waals surface area contributed by atoms with Crippen molar-refractivity contribution >= 4 is 21.6 Å². The van der Waals surface area contributed by atoms with Gasteiger partial charge in [0.05, 0.1) is 22.3 Å². The second-order valence-electron chi connectivity index (χ2n) is 5.15. The predicted molar refractivity (Wildman–Crippen MR) is 76.5 cm³/mol. The van der Waals surface area contributed by atoms with Gasteiger partial charge in [0.15, 0.2) is 0 Å². The number of rotatable bonds is 3. The van der Waals surface area contributed by atoms with Crippen LogP contribution in [0.25, 0.3) is 10.2 Å². The molecular weight excluding hydrogens is 242 g/mol. The molecule has 0 atom stereocenters. The van der Waals surface area contributed by atoms with Gasteiger partial charge in [-0.3, -0.25) is 0 Å². The fourth-order valence-electron chi connectivity index (χ4n) is 2.81. The highest BCUT2D eigenvalue weighted by molar-refractivity contribution is 7.18. The van der Waals surface area contributed by atoms with Crippen molar-refractivity contribution in [1.82, 2.24) is 4.98 Å². The molecule has 0 unspecified atom stereocenters. The molecule has 0 saturated heterocycles. The Morgan fingerprint density at radius 2 is 2.11 bits per heavy atom. The molecule has 3 heteroatoms. The number of hydrogen-bond acceptors (Lipinski definition) is 3. The van der Waals surface area contributed by atoms with E-state index in [1.54, 1.807) is 7.11 Å². The lowest BCUT2D eigenvalue weighted by Gasteiger charge is -2.20. The fraction of sp³-hybridized carbons (Fsp3) is 0.533. The summed E-state index contributed by atoms with van der Waals surface area (Å²) in [7, 11) is 1.71. The summed E-state index contributed by atoms with van der Waals surface area (Å²) < 4.78 is 6.51. The molecule has 1 aromatic heterocycles. The highest BCUT2D eigenvalue weighted by Gasteiger charge is 2.16. The summed E-state index contributed by atoms with van der Waals surface area (Å²) in [5.41, 5.74) is 1.12. The first kappa shape index (κ1) is 12.0. The number of fused-ring (bicyclic) bond motifs is 1. The van der Waals surface area contributed by atoms with Gasteiger partial charge in [0, 0.05) is 6.42 Å².